The second kappa shape index (κ2) is 8.15. The van der Waals surface area contributed by atoms with E-state index >= 15 is 0 Å². The Morgan fingerprint density at radius 2 is 2.05 bits per heavy atom. The Kier molecular flexibility index (Phi) is 6.21. The van der Waals surface area contributed by atoms with Crippen molar-refractivity contribution in [3.05, 3.63) is 47.0 Å². The molecule has 0 aliphatic rings. The van der Waals surface area contributed by atoms with Gasteiger partial charge in [-0.1, -0.05) is 37.3 Å². The Morgan fingerprint density at radius 3 is 2.76 bits per heavy atom. The van der Waals surface area contributed by atoms with Gasteiger partial charge in [-0.25, -0.2) is 4.98 Å². The fourth-order valence-electron chi connectivity index (χ4n) is 2.15. The van der Waals surface area contributed by atoms with E-state index in [1.54, 1.807) is 11.3 Å². The van der Waals surface area contributed by atoms with E-state index in [1.807, 2.05) is 0 Å². The van der Waals surface area contributed by atoms with Gasteiger partial charge in [0.25, 0.3) is 0 Å². The Hall–Kier alpha value is -1.39. The summed E-state index contributed by atoms with van der Waals surface area (Å²) in [5.74, 6) is 0. The SMILES string of the molecule is CCCNC(C)c1csc(N(C)CCc2ccccc2)n1. The summed E-state index contributed by atoms with van der Waals surface area (Å²) in [6.07, 6.45) is 2.20. The third-order valence-electron chi connectivity index (χ3n) is 3.56. The molecule has 0 amide bonds. The largest absolute Gasteiger partial charge is 0.351 e. The van der Waals surface area contributed by atoms with Crippen LogP contribution in [0.25, 0.3) is 0 Å². The van der Waals surface area contributed by atoms with Crippen molar-refractivity contribution in [2.45, 2.75) is 32.7 Å². The number of hydrogen-bond donors (Lipinski definition) is 1. The Labute approximate surface area is 132 Å². The van der Waals surface area contributed by atoms with E-state index in [0.717, 1.165) is 36.8 Å². The van der Waals surface area contributed by atoms with E-state index < -0.39 is 0 Å². The molecule has 0 aliphatic heterocycles. The molecule has 1 aromatic carbocycles. The quantitative estimate of drug-likeness (QED) is 0.802. The maximum absolute atomic E-state index is 4.76. The van der Waals surface area contributed by atoms with Gasteiger partial charge in [0, 0.05) is 25.0 Å². The molecule has 1 aromatic heterocycles. The van der Waals surface area contributed by atoms with Crippen molar-refractivity contribution in [2.75, 3.05) is 25.0 Å². The molecular formula is C17H25N3S. The normalized spacial score (nSPS) is 12.3. The molecule has 0 aliphatic carbocycles. The zero-order valence-corrected chi connectivity index (χ0v) is 14.0. The highest BCUT2D eigenvalue weighted by Gasteiger charge is 2.11. The molecule has 1 unspecified atom stereocenters. The van der Waals surface area contributed by atoms with Crippen LogP contribution in [0.15, 0.2) is 35.7 Å². The van der Waals surface area contributed by atoms with Crippen LogP contribution in [-0.4, -0.2) is 25.1 Å². The van der Waals surface area contributed by atoms with E-state index in [0.29, 0.717) is 6.04 Å². The summed E-state index contributed by atoms with van der Waals surface area (Å²) < 4.78 is 0. The van der Waals surface area contributed by atoms with E-state index in [9.17, 15) is 0 Å². The zero-order valence-electron chi connectivity index (χ0n) is 13.2. The van der Waals surface area contributed by atoms with Crippen molar-refractivity contribution in [2.24, 2.45) is 0 Å². The van der Waals surface area contributed by atoms with Crippen LogP contribution < -0.4 is 10.2 Å². The maximum atomic E-state index is 4.76. The van der Waals surface area contributed by atoms with Gasteiger partial charge in [0.15, 0.2) is 5.13 Å². The average Bonchev–Trinajstić information content (AvgIpc) is 3.01. The topological polar surface area (TPSA) is 28.2 Å². The predicted octanol–water partition coefficient (Wildman–Crippen LogP) is 3.88. The molecule has 3 nitrogen and oxygen atoms in total. The minimum atomic E-state index is 0.331. The van der Waals surface area contributed by atoms with Crippen LogP contribution in [0.3, 0.4) is 0 Å². The molecule has 0 saturated heterocycles. The highest BCUT2D eigenvalue weighted by Crippen LogP contribution is 2.23. The summed E-state index contributed by atoms with van der Waals surface area (Å²) in [5, 5.41) is 6.76. The van der Waals surface area contributed by atoms with Gasteiger partial charge in [0.1, 0.15) is 0 Å². The lowest BCUT2D eigenvalue weighted by atomic mass is 10.1. The highest BCUT2D eigenvalue weighted by atomic mass is 32.1. The van der Waals surface area contributed by atoms with Crippen molar-refractivity contribution in [3.63, 3.8) is 0 Å². The molecule has 2 rings (SSSR count). The van der Waals surface area contributed by atoms with Gasteiger partial charge in [-0.05, 0) is 31.9 Å². The standard InChI is InChI=1S/C17H25N3S/c1-4-11-18-14(2)16-13-21-17(19-16)20(3)12-10-15-8-6-5-7-9-15/h5-9,13-14,18H,4,10-12H2,1-3H3. The Morgan fingerprint density at radius 1 is 1.29 bits per heavy atom. The van der Waals surface area contributed by atoms with Crippen LogP contribution in [0.5, 0.6) is 0 Å². The summed E-state index contributed by atoms with van der Waals surface area (Å²) in [4.78, 5) is 7.00. The van der Waals surface area contributed by atoms with Crippen molar-refractivity contribution >= 4 is 16.5 Å². The van der Waals surface area contributed by atoms with Crippen LogP contribution >= 0.6 is 11.3 Å². The molecule has 1 heterocycles. The lowest BCUT2D eigenvalue weighted by Gasteiger charge is -2.16. The molecule has 1 atom stereocenters. The number of nitrogens with zero attached hydrogens (tertiary/aromatic N) is 2. The first-order valence-electron chi connectivity index (χ1n) is 7.64. The summed E-state index contributed by atoms with van der Waals surface area (Å²) >= 11 is 1.73. The number of hydrogen-bond acceptors (Lipinski definition) is 4. The summed E-state index contributed by atoms with van der Waals surface area (Å²) in [6.45, 7) is 6.40. The van der Waals surface area contributed by atoms with Crippen molar-refractivity contribution in [1.29, 1.82) is 0 Å². The fraction of sp³-hybridized carbons (Fsp3) is 0.471. The third kappa shape index (κ3) is 4.83. The molecule has 114 valence electrons. The third-order valence-corrected chi connectivity index (χ3v) is 4.53. The predicted molar refractivity (Wildman–Crippen MR) is 92.2 cm³/mol. The molecule has 0 spiro atoms. The van der Waals surface area contributed by atoms with Gasteiger partial charge in [-0.15, -0.1) is 11.3 Å². The van der Waals surface area contributed by atoms with Crippen molar-refractivity contribution < 1.29 is 0 Å². The number of thiazole rings is 1. The van der Waals surface area contributed by atoms with Crippen LogP contribution in [0.4, 0.5) is 5.13 Å². The molecule has 0 radical (unpaired) electrons. The highest BCUT2D eigenvalue weighted by molar-refractivity contribution is 7.13. The molecule has 0 fully saturated rings. The molecule has 1 N–H and O–H groups in total. The number of nitrogens with one attached hydrogen (secondary N) is 1. The van der Waals surface area contributed by atoms with Gasteiger partial charge in [-0.3, -0.25) is 0 Å². The zero-order chi connectivity index (χ0) is 15.1. The Balaban J connectivity index is 1.88. The van der Waals surface area contributed by atoms with Gasteiger partial charge in [0.05, 0.1) is 5.69 Å². The molecule has 4 heteroatoms. The van der Waals surface area contributed by atoms with Crippen LogP contribution in [0.1, 0.15) is 37.6 Å². The Bertz CT molecular complexity index is 524. The lowest BCUT2D eigenvalue weighted by Crippen LogP contribution is -2.21. The summed E-state index contributed by atoms with van der Waals surface area (Å²) in [5.41, 5.74) is 2.52. The minimum absolute atomic E-state index is 0.331. The molecule has 21 heavy (non-hydrogen) atoms. The molecule has 2 aromatic rings. The summed E-state index contributed by atoms with van der Waals surface area (Å²) in [7, 11) is 2.12. The monoisotopic (exact) mass is 303 g/mol. The number of aromatic nitrogens is 1. The first-order chi connectivity index (χ1) is 10.2. The lowest BCUT2D eigenvalue weighted by molar-refractivity contribution is 0.561. The van der Waals surface area contributed by atoms with Crippen molar-refractivity contribution in [3.8, 4) is 0 Å². The van der Waals surface area contributed by atoms with Crippen LogP contribution in [0.2, 0.25) is 0 Å². The van der Waals surface area contributed by atoms with E-state index in [4.69, 9.17) is 4.98 Å². The fourth-order valence-corrected chi connectivity index (χ4v) is 3.07. The number of anilines is 1. The van der Waals surface area contributed by atoms with Gasteiger partial charge < -0.3 is 10.2 Å². The van der Waals surface area contributed by atoms with Gasteiger partial charge in [-0.2, -0.15) is 0 Å². The van der Waals surface area contributed by atoms with Gasteiger partial charge >= 0.3 is 0 Å². The minimum Gasteiger partial charge on any atom is -0.351 e. The molecular weight excluding hydrogens is 278 g/mol. The first kappa shape index (κ1) is 16.0. The van der Waals surface area contributed by atoms with Crippen LogP contribution in [0, 0.1) is 0 Å². The van der Waals surface area contributed by atoms with Crippen molar-refractivity contribution in [1.82, 2.24) is 10.3 Å². The second-order valence-corrected chi connectivity index (χ2v) is 6.22. The van der Waals surface area contributed by atoms with Gasteiger partial charge in [0.2, 0.25) is 0 Å². The second-order valence-electron chi connectivity index (χ2n) is 5.39. The smallest absolute Gasteiger partial charge is 0.185 e. The molecule has 0 bridgehead atoms. The van der Waals surface area contributed by atoms with Crippen LogP contribution in [-0.2, 0) is 6.42 Å². The maximum Gasteiger partial charge on any atom is 0.185 e. The van der Waals surface area contributed by atoms with E-state index in [2.05, 4.69) is 66.8 Å². The number of likely N-dealkylation sites (N-methyl/N-ethyl adjacent to an activating group) is 1. The van der Waals surface area contributed by atoms with E-state index in [-0.39, 0.29) is 0 Å². The molecule has 0 saturated carbocycles. The van der Waals surface area contributed by atoms with E-state index in [1.165, 1.54) is 5.56 Å². The summed E-state index contributed by atoms with van der Waals surface area (Å²) in [6, 6.07) is 10.9. The number of rotatable bonds is 8. The average molecular weight is 303 g/mol. The first-order valence-corrected chi connectivity index (χ1v) is 8.52. The number of benzene rings is 1.